The number of amides is 2. The van der Waals surface area contributed by atoms with E-state index in [9.17, 15) is 9.59 Å². The van der Waals surface area contributed by atoms with Crippen molar-refractivity contribution in [3.8, 4) is 22.6 Å². The van der Waals surface area contributed by atoms with E-state index in [1.807, 2.05) is 48.5 Å². The number of nitrogens with one attached hydrogen (secondary N) is 1. The number of methoxy groups -OCH3 is 1. The zero-order chi connectivity index (χ0) is 23.2. The topological polar surface area (TPSA) is 80.8 Å². The molecule has 2 aromatic carbocycles. The van der Waals surface area contributed by atoms with Crippen LogP contribution in [0.1, 0.15) is 12.5 Å². The predicted molar refractivity (Wildman–Crippen MR) is 125 cm³/mol. The van der Waals surface area contributed by atoms with E-state index in [1.54, 1.807) is 43.5 Å². The number of nitrogens with zero attached hydrogens (tertiary/aromatic N) is 2. The van der Waals surface area contributed by atoms with Gasteiger partial charge in [0, 0.05) is 31.9 Å². The highest BCUT2D eigenvalue weighted by Gasteiger charge is 2.36. The van der Waals surface area contributed by atoms with Gasteiger partial charge in [-0.05, 0) is 47.9 Å². The average molecular weight is 446 g/mol. The maximum Gasteiger partial charge on any atom is 0.264 e. The second kappa shape index (κ2) is 10.2. The van der Waals surface area contributed by atoms with Crippen molar-refractivity contribution >= 4 is 11.8 Å². The Balaban J connectivity index is 1.48. The zero-order valence-corrected chi connectivity index (χ0v) is 18.7. The standard InChI is InChI=1S/C26H27N3O4/c1-18(33-24-6-4-3-5-23(24)32-2)26(31)29-16-15-28-25(30)22(29)17-19-7-9-20(10-8-19)21-11-13-27-14-12-21/h3-14,18,22H,15-17H2,1-2H3,(H,28,30)/t18-,22+/m0/s1. The molecule has 1 fully saturated rings. The summed E-state index contributed by atoms with van der Waals surface area (Å²) in [5.74, 6) is 0.663. The van der Waals surface area contributed by atoms with Gasteiger partial charge in [-0.1, -0.05) is 36.4 Å². The average Bonchev–Trinajstić information content (AvgIpc) is 2.86. The molecule has 0 unspecified atom stereocenters. The molecule has 1 saturated heterocycles. The third-order valence-corrected chi connectivity index (χ3v) is 5.73. The minimum Gasteiger partial charge on any atom is -0.493 e. The Labute approximate surface area is 193 Å². The van der Waals surface area contributed by atoms with E-state index in [2.05, 4.69) is 10.3 Å². The van der Waals surface area contributed by atoms with E-state index < -0.39 is 12.1 Å². The van der Waals surface area contributed by atoms with Crippen LogP contribution in [0.15, 0.2) is 73.1 Å². The van der Waals surface area contributed by atoms with Crippen LogP contribution in [0.2, 0.25) is 0 Å². The summed E-state index contributed by atoms with van der Waals surface area (Å²) < 4.78 is 11.2. The Hall–Kier alpha value is -3.87. The van der Waals surface area contributed by atoms with Crippen molar-refractivity contribution in [1.29, 1.82) is 0 Å². The first kappa shape index (κ1) is 22.3. The zero-order valence-electron chi connectivity index (χ0n) is 18.7. The number of pyridine rings is 1. The van der Waals surface area contributed by atoms with Gasteiger partial charge in [0.15, 0.2) is 17.6 Å². The van der Waals surface area contributed by atoms with E-state index in [-0.39, 0.29) is 11.8 Å². The van der Waals surface area contributed by atoms with Crippen LogP contribution in [-0.2, 0) is 16.0 Å². The highest BCUT2D eigenvalue weighted by molar-refractivity contribution is 5.90. The number of rotatable bonds is 7. The molecule has 0 radical (unpaired) electrons. The van der Waals surface area contributed by atoms with E-state index in [1.165, 1.54) is 0 Å². The first-order valence-corrected chi connectivity index (χ1v) is 10.9. The highest BCUT2D eigenvalue weighted by atomic mass is 16.5. The van der Waals surface area contributed by atoms with Crippen LogP contribution in [0.5, 0.6) is 11.5 Å². The molecule has 170 valence electrons. The Morgan fingerprint density at radius 1 is 1.06 bits per heavy atom. The normalized spacial score (nSPS) is 16.6. The number of para-hydroxylation sites is 2. The van der Waals surface area contributed by atoms with E-state index in [0.29, 0.717) is 31.0 Å². The lowest BCUT2D eigenvalue weighted by molar-refractivity contribution is -0.147. The lowest BCUT2D eigenvalue weighted by atomic mass is 9.99. The number of piperazine rings is 1. The summed E-state index contributed by atoms with van der Waals surface area (Å²) in [6.45, 7) is 2.55. The summed E-state index contributed by atoms with van der Waals surface area (Å²) in [6.07, 6.45) is 3.18. The van der Waals surface area contributed by atoms with Crippen molar-refractivity contribution < 1.29 is 19.1 Å². The fourth-order valence-corrected chi connectivity index (χ4v) is 3.97. The number of benzene rings is 2. The predicted octanol–water partition coefficient (Wildman–Crippen LogP) is 3.09. The van der Waals surface area contributed by atoms with E-state index >= 15 is 0 Å². The van der Waals surface area contributed by atoms with Gasteiger partial charge in [0.25, 0.3) is 5.91 Å². The summed E-state index contributed by atoms with van der Waals surface area (Å²) >= 11 is 0. The summed E-state index contributed by atoms with van der Waals surface area (Å²) in [4.78, 5) is 31.6. The SMILES string of the molecule is COc1ccccc1O[C@@H](C)C(=O)N1CCNC(=O)[C@H]1Cc1ccc(-c2ccncc2)cc1. The van der Waals surface area contributed by atoms with Crippen LogP contribution >= 0.6 is 0 Å². The second-order valence-electron chi connectivity index (χ2n) is 7.89. The summed E-state index contributed by atoms with van der Waals surface area (Å²) in [5, 5.41) is 2.88. The number of hydrogen-bond acceptors (Lipinski definition) is 5. The molecule has 1 aliphatic heterocycles. The monoisotopic (exact) mass is 445 g/mol. The van der Waals surface area contributed by atoms with Gasteiger partial charge < -0.3 is 19.7 Å². The minimum atomic E-state index is -0.760. The van der Waals surface area contributed by atoms with Crippen LogP contribution in [0.25, 0.3) is 11.1 Å². The van der Waals surface area contributed by atoms with Gasteiger partial charge in [-0.25, -0.2) is 0 Å². The van der Waals surface area contributed by atoms with Crippen LogP contribution < -0.4 is 14.8 Å². The molecular weight excluding hydrogens is 418 g/mol. The van der Waals surface area contributed by atoms with Gasteiger partial charge >= 0.3 is 0 Å². The molecule has 0 spiro atoms. The van der Waals surface area contributed by atoms with E-state index in [4.69, 9.17) is 9.47 Å². The number of carbonyl (C=O) groups is 2. The molecule has 1 N–H and O–H groups in total. The molecule has 1 aliphatic rings. The third-order valence-electron chi connectivity index (χ3n) is 5.73. The van der Waals surface area contributed by atoms with Crippen molar-refractivity contribution in [1.82, 2.24) is 15.2 Å². The Kier molecular flexibility index (Phi) is 6.88. The summed E-state index contributed by atoms with van der Waals surface area (Å²) in [6, 6.07) is 18.5. The van der Waals surface area contributed by atoms with Gasteiger partial charge in [-0.3, -0.25) is 14.6 Å². The van der Waals surface area contributed by atoms with Gasteiger partial charge in [0.2, 0.25) is 5.91 Å². The van der Waals surface area contributed by atoms with Crippen LogP contribution in [-0.4, -0.2) is 54.0 Å². The first-order chi connectivity index (χ1) is 16.1. The van der Waals surface area contributed by atoms with Crippen molar-refractivity contribution in [3.63, 3.8) is 0 Å². The van der Waals surface area contributed by atoms with Crippen molar-refractivity contribution in [2.24, 2.45) is 0 Å². The molecule has 0 bridgehead atoms. The number of aromatic nitrogens is 1. The van der Waals surface area contributed by atoms with Gasteiger partial charge in [-0.2, -0.15) is 0 Å². The quantitative estimate of drug-likeness (QED) is 0.605. The molecule has 3 aromatic rings. The number of hydrogen-bond donors (Lipinski definition) is 1. The van der Waals surface area contributed by atoms with Crippen molar-refractivity contribution in [2.45, 2.75) is 25.5 Å². The van der Waals surface area contributed by atoms with Crippen molar-refractivity contribution in [2.75, 3.05) is 20.2 Å². The minimum absolute atomic E-state index is 0.155. The molecule has 4 rings (SSSR count). The molecule has 0 aliphatic carbocycles. The largest absolute Gasteiger partial charge is 0.493 e. The van der Waals surface area contributed by atoms with Gasteiger partial charge in [0.1, 0.15) is 6.04 Å². The molecule has 7 heteroatoms. The molecule has 2 amide bonds. The summed E-state index contributed by atoms with van der Waals surface area (Å²) in [5.41, 5.74) is 3.12. The van der Waals surface area contributed by atoms with Crippen LogP contribution in [0.4, 0.5) is 0 Å². The number of ether oxygens (including phenoxy) is 2. The Morgan fingerprint density at radius 3 is 2.42 bits per heavy atom. The molecule has 7 nitrogen and oxygen atoms in total. The molecule has 1 aromatic heterocycles. The molecule has 33 heavy (non-hydrogen) atoms. The maximum atomic E-state index is 13.3. The number of carbonyl (C=O) groups excluding carboxylic acids is 2. The lowest BCUT2D eigenvalue weighted by Gasteiger charge is -2.36. The molecule has 2 atom stereocenters. The highest BCUT2D eigenvalue weighted by Crippen LogP contribution is 2.27. The Morgan fingerprint density at radius 2 is 1.73 bits per heavy atom. The van der Waals surface area contributed by atoms with Gasteiger partial charge in [0.05, 0.1) is 7.11 Å². The fourth-order valence-electron chi connectivity index (χ4n) is 3.97. The molecule has 2 heterocycles. The second-order valence-corrected chi connectivity index (χ2v) is 7.89. The first-order valence-electron chi connectivity index (χ1n) is 10.9. The van der Waals surface area contributed by atoms with E-state index in [0.717, 1.165) is 16.7 Å². The maximum absolute atomic E-state index is 13.3. The summed E-state index contributed by atoms with van der Waals surface area (Å²) in [7, 11) is 1.56. The lowest BCUT2D eigenvalue weighted by Crippen LogP contribution is -2.60. The Bertz CT molecular complexity index is 1100. The van der Waals surface area contributed by atoms with Crippen LogP contribution in [0, 0.1) is 0 Å². The van der Waals surface area contributed by atoms with Gasteiger partial charge in [-0.15, -0.1) is 0 Å². The van der Waals surface area contributed by atoms with Crippen LogP contribution in [0.3, 0.4) is 0 Å². The third kappa shape index (κ3) is 5.14. The molecule has 0 saturated carbocycles. The fraction of sp³-hybridized carbons (Fsp3) is 0.269. The van der Waals surface area contributed by atoms with Crippen molar-refractivity contribution in [3.05, 3.63) is 78.6 Å². The molecular formula is C26H27N3O4. The smallest absolute Gasteiger partial charge is 0.264 e.